The third-order valence-electron chi connectivity index (χ3n) is 5.30. The molecule has 1 aliphatic rings. The van der Waals surface area contributed by atoms with E-state index in [0.717, 1.165) is 49.1 Å². The van der Waals surface area contributed by atoms with Crippen molar-refractivity contribution in [3.8, 4) is 11.4 Å². The first-order chi connectivity index (χ1) is 14.7. The molecule has 0 spiro atoms. The number of halogens is 1. The number of aromatic nitrogens is 3. The number of anilines is 3. The minimum atomic E-state index is -0.526. The summed E-state index contributed by atoms with van der Waals surface area (Å²) in [5.41, 5.74) is 5.00. The van der Waals surface area contributed by atoms with E-state index in [0.29, 0.717) is 11.4 Å². The van der Waals surface area contributed by atoms with Crippen LogP contribution in [-0.4, -0.2) is 40.7 Å². The van der Waals surface area contributed by atoms with Crippen molar-refractivity contribution in [3.63, 3.8) is 0 Å². The number of nitrogens with zero attached hydrogens (tertiary/aromatic N) is 4. The summed E-state index contributed by atoms with van der Waals surface area (Å²) in [5, 5.41) is 3.48. The second kappa shape index (κ2) is 7.76. The van der Waals surface area contributed by atoms with Crippen molar-refractivity contribution >= 4 is 22.8 Å². The second-order valence-corrected chi connectivity index (χ2v) is 7.29. The molecule has 0 amide bonds. The number of imidazole rings is 1. The molecule has 0 saturated carbocycles. The van der Waals surface area contributed by atoms with Gasteiger partial charge in [0.25, 0.3) is 0 Å². The van der Waals surface area contributed by atoms with Crippen molar-refractivity contribution < 1.29 is 9.13 Å². The summed E-state index contributed by atoms with van der Waals surface area (Å²) in [6.07, 6.45) is 0. The average molecular weight is 403 g/mol. The smallest absolute Gasteiger partial charge is 0.213 e. The minimum Gasteiger partial charge on any atom is -0.378 e. The SMILES string of the molecule is Cc1cccc2nc(-c3cccc(F)n3)c(Nc3ccc(N4CCOCC4)cc3)n12. The van der Waals surface area contributed by atoms with Crippen molar-refractivity contribution in [1.29, 1.82) is 0 Å². The number of ether oxygens (including phenoxy) is 1. The summed E-state index contributed by atoms with van der Waals surface area (Å²) in [5.74, 6) is 0.238. The van der Waals surface area contributed by atoms with Crippen LogP contribution in [0.2, 0.25) is 0 Å². The summed E-state index contributed by atoms with van der Waals surface area (Å²) < 4.78 is 21.2. The van der Waals surface area contributed by atoms with Gasteiger partial charge in [0.1, 0.15) is 17.2 Å². The zero-order valence-corrected chi connectivity index (χ0v) is 16.7. The molecule has 152 valence electrons. The molecule has 1 saturated heterocycles. The molecular formula is C23H22FN5O. The molecule has 0 bridgehead atoms. The second-order valence-electron chi connectivity index (χ2n) is 7.29. The third kappa shape index (κ3) is 3.48. The van der Waals surface area contributed by atoms with E-state index in [1.54, 1.807) is 12.1 Å². The molecule has 4 heterocycles. The van der Waals surface area contributed by atoms with Gasteiger partial charge in [0.05, 0.1) is 18.9 Å². The number of benzene rings is 1. The van der Waals surface area contributed by atoms with Gasteiger partial charge < -0.3 is 15.0 Å². The van der Waals surface area contributed by atoms with Gasteiger partial charge in [0.15, 0.2) is 0 Å². The van der Waals surface area contributed by atoms with Gasteiger partial charge in [-0.05, 0) is 55.5 Å². The Balaban J connectivity index is 1.54. The normalized spacial score (nSPS) is 14.3. The van der Waals surface area contributed by atoms with Crippen LogP contribution in [-0.2, 0) is 4.74 Å². The van der Waals surface area contributed by atoms with Gasteiger partial charge >= 0.3 is 0 Å². The van der Waals surface area contributed by atoms with Gasteiger partial charge in [-0.2, -0.15) is 4.39 Å². The predicted molar refractivity (Wildman–Crippen MR) is 116 cm³/mol. The monoisotopic (exact) mass is 403 g/mol. The highest BCUT2D eigenvalue weighted by Crippen LogP contribution is 2.32. The molecule has 4 aromatic rings. The molecule has 7 heteroatoms. The summed E-state index contributed by atoms with van der Waals surface area (Å²) in [6, 6.07) is 19.0. The summed E-state index contributed by atoms with van der Waals surface area (Å²) in [7, 11) is 0. The fraction of sp³-hybridized carbons (Fsp3) is 0.217. The van der Waals surface area contributed by atoms with Crippen molar-refractivity contribution in [1.82, 2.24) is 14.4 Å². The molecule has 5 rings (SSSR count). The van der Waals surface area contributed by atoms with Crippen LogP contribution in [0.3, 0.4) is 0 Å². The number of hydrogen-bond donors (Lipinski definition) is 1. The fourth-order valence-electron chi connectivity index (χ4n) is 3.80. The van der Waals surface area contributed by atoms with Crippen LogP contribution in [0.5, 0.6) is 0 Å². The largest absolute Gasteiger partial charge is 0.378 e. The van der Waals surface area contributed by atoms with Crippen molar-refractivity contribution in [3.05, 3.63) is 72.3 Å². The highest BCUT2D eigenvalue weighted by molar-refractivity contribution is 5.78. The Labute approximate surface area is 174 Å². The van der Waals surface area contributed by atoms with Gasteiger partial charge in [-0.1, -0.05) is 12.1 Å². The van der Waals surface area contributed by atoms with Gasteiger partial charge in [0, 0.05) is 30.2 Å². The molecule has 0 radical (unpaired) electrons. The molecule has 0 unspecified atom stereocenters. The lowest BCUT2D eigenvalue weighted by Crippen LogP contribution is -2.36. The number of aryl methyl sites for hydroxylation is 1. The highest BCUT2D eigenvalue weighted by atomic mass is 19.1. The lowest BCUT2D eigenvalue weighted by atomic mass is 10.2. The number of hydrogen-bond acceptors (Lipinski definition) is 5. The molecule has 1 aliphatic heterocycles. The lowest BCUT2D eigenvalue weighted by Gasteiger charge is -2.29. The van der Waals surface area contributed by atoms with E-state index in [1.165, 1.54) is 11.8 Å². The van der Waals surface area contributed by atoms with Gasteiger partial charge in [-0.3, -0.25) is 4.40 Å². The Morgan fingerprint density at radius 2 is 1.70 bits per heavy atom. The number of rotatable bonds is 4. The maximum Gasteiger partial charge on any atom is 0.213 e. The van der Waals surface area contributed by atoms with Gasteiger partial charge in [-0.15, -0.1) is 0 Å². The Morgan fingerprint density at radius 3 is 2.47 bits per heavy atom. The van der Waals surface area contributed by atoms with Crippen LogP contribution in [0, 0.1) is 12.9 Å². The Bertz CT molecular complexity index is 1180. The van der Waals surface area contributed by atoms with E-state index in [-0.39, 0.29) is 0 Å². The van der Waals surface area contributed by atoms with Gasteiger partial charge in [0.2, 0.25) is 5.95 Å². The first kappa shape index (κ1) is 18.6. The minimum absolute atomic E-state index is 0.491. The van der Waals surface area contributed by atoms with Crippen LogP contribution >= 0.6 is 0 Å². The number of fused-ring (bicyclic) bond motifs is 1. The van der Waals surface area contributed by atoms with E-state index in [1.807, 2.05) is 41.7 Å². The Hall–Kier alpha value is -3.45. The van der Waals surface area contributed by atoms with Crippen LogP contribution in [0.25, 0.3) is 17.0 Å². The molecule has 1 fully saturated rings. The summed E-state index contributed by atoms with van der Waals surface area (Å²) >= 11 is 0. The molecule has 6 nitrogen and oxygen atoms in total. The molecule has 1 aromatic carbocycles. The van der Waals surface area contributed by atoms with Crippen LogP contribution in [0.15, 0.2) is 60.7 Å². The number of morpholine rings is 1. The molecule has 0 atom stereocenters. The molecule has 1 N–H and O–H groups in total. The third-order valence-corrected chi connectivity index (χ3v) is 5.30. The van der Waals surface area contributed by atoms with Crippen molar-refractivity contribution in [2.45, 2.75) is 6.92 Å². The topological polar surface area (TPSA) is 54.7 Å². The maximum atomic E-state index is 13.8. The van der Waals surface area contributed by atoms with Crippen LogP contribution in [0.4, 0.5) is 21.6 Å². The van der Waals surface area contributed by atoms with Crippen LogP contribution < -0.4 is 10.2 Å². The summed E-state index contributed by atoms with van der Waals surface area (Å²) in [6.45, 7) is 5.32. The number of pyridine rings is 2. The predicted octanol–water partition coefficient (Wildman–Crippen LogP) is 4.42. The van der Waals surface area contributed by atoms with E-state index in [9.17, 15) is 4.39 Å². The van der Waals surface area contributed by atoms with Gasteiger partial charge in [-0.25, -0.2) is 9.97 Å². The van der Waals surface area contributed by atoms with E-state index in [4.69, 9.17) is 9.72 Å². The molecule has 3 aromatic heterocycles. The standard InChI is InChI=1S/C23H22FN5O/c1-16-4-2-7-21-27-22(19-5-3-6-20(24)26-19)23(29(16)21)25-17-8-10-18(11-9-17)28-12-14-30-15-13-28/h2-11,25H,12-15H2,1H3. The van der Waals surface area contributed by atoms with Crippen molar-refractivity contribution in [2.24, 2.45) is 0 Å². The molecular weight excluding hydrogens is 381 g/mol. The van der Waals surface area contributed by atoms with E-state index < -0.39 is 5.95 Å². The zero-order chi connectivity index (χ0) is 20.5. The van der Waals surface area contributed by atoms with Crippen molar-refractivity contribution in [2.75, 3.05) is 36.5 Å². The first-order valence-electron chi connectivity index (χ1n) is 10.00. The van der Waals surface area contributed by atoms with Crippen LogP contribution in [0.1, 0.15) is 5.69 Å². The fourth-order valence-corrected chi connectivity index (χ4v) is 3.80. The molecule has 30 heavy (non-hydrogen) atoms. The first-order valence-corrected chi connectivity index (χ1v) is 10.00. The Kier molecular flexibility index (Phi) is 4.80. The maximum absolute atomic E-state index is 13.8. The number of nitrogens with one attached hydrogen (secondary N) is 1. The average Bonchev–Trinajstić information content (AvgIpc) is 3.14. The molecule has 0 aliphatic carbocycles. The quantitative estimate of drug-likeness (QED) is 0.511. The lowest BCUT2D eigenvalue weighted by molar-refractivity contribution is 0.122. The van der Waals surface area contributed by atoms with E-state index >= 15 is 0 Å². The summed E-state index contributed by atoms with van der Waals surface area (Å²) in [4.78, 5) is 11.1. The van der Waals surface area contributed by atoms with E-state index in [2.05, 4.69) is 27.3 Å². The highest BCUT2D eigenvalue weighted by Gasteiger charge is 2.18. The zero-order valence-electron chi connectivity index (χ0n) is 16.7. The Morgan fingerprint density at radius 1 is 0.933 bits per heavy atom.